The second kappa shape index (κ2) is 6.60. The molecule has 0 aromatic heterocycles. The molecule has 6 nitrogen and oxygen atoms in total. The maximum Gasteiger partial charge on any atom is 0.338 e. The highest BCUT2D eigenvalue weighted by atomic mass is 16.5. The van der Waals surface area contributed by atoms with E-state index in [-0.39, 0.29) is 6.54 Å². The van der Waals surface area contributed by atoms with Crippen molar-refractivity contribution < 1.29 is 10.0 Å². The molecule has 0 bridgehead atoms. The molecule has 0 saturated heterocycles. The largest absolute Gasteiger partial charge is 0.367 e. The smallest absolute Gasteiger partial charge is 0.338 e. The number of hydrogen-bond acceptors (Lipinski definition) is 4. The lowest BCUT2D eigenvalue weighted by Crippen LogP contribution is -2.32. The number of urea groups is 1. The van der Waals surface area contributed by atoms with Crippen LogP contribution in [0.15, 0.2) is 42.5 Å². The Bertz CT molecular complexity index is 813. The second-order valence-corrected chi connectivity index (χ2v) is 5.84. The minimum Gasteiger partial charge on any atom is -0.367 e. The number of nitriles is 1. The first-order chi connectivity index (χ1) is 11.6. The van der Waals surface area contributed by atoms with Crippen molar-refractivity contribution in [3.05, 3.63) is 64.7 Å². The summed E-state index contributed by atoms with van der Waals surface area (Å²) in [6.07, 6.45) is 0.906. The molecule has 0 radical (unpaired) electrons. The van der Waals surface area contributed by atoms with Gasteiger partial charge in [0.2, 0.25) is 0 Å². The van der Waals surface area contributed by atoms with Gasteiger partial charge in [0.15, 0.2) is 0 Å². The first kappa shape index (κ1) is 15.8. The first-order valence-electron chi connectivity index (χ1n) is 7.68. The van der Waals surface area contributed by atoms with E-state index in [0.29, 0.717) is 10.6 Å². The van der Waals surface area contributed by atoms with E-state index in [1.807, 2.05) is 36.4 Å². The standard InChI is InChI=1S/C18H18N4O2/c19-10-13-2-1-3-14(8-13)11-21-7-6-16-9-15(4-5-17(16)21)12-22(24)18(20)23/h1-5,8-9,24H,6-7,11-12H2,(H2,20,23). The van der Waals surface area contributed by atoms with E-state index in [2.05, 4.69) is 11.0 Å². The van der Waals surface area contributed by atoms with Gasteiger partial charge in [-0.3, -0.25) is 5.21 Å². The molecule has 2 aromatic carbocycles. The number of nitrogens with two attached hydrogens (primary N) is 1. The van der Waals surface area contributed by atoms with Crippen LogP contribution < -0.4 is 10.6 Å². The van der Waals surface area contributed by atoms with Gasteiger partial charge >= 0.3 is 6.03 Å². The molecule has 0 atom stereocenters. The van der Waals surface area contributed by atoms with Crippen molar-refractivity contribution in [3.8, 4) is 6.07 Å². The van der Waals surface area contributed by atoms with Gasteiger partial charge in [0.1, 0.15) is 0 Å². The van der Waals surface area contributed by atoms with Gasteiger partial charge in [-0.05, 0) is 41.3 Å². The summed E-state index contributed by atoms with van der Waals surface area (Å²) < 4.78 is 0. The Kier molecular flexibility index (Phi) is 4.36. The zero-order valence-corrected chi connectivity index (χ0v) is 13.1. The van der Waals surface area contributed by atoms with Gasteiger partial charge in [0, 0.05) is 18.8 Å². The van der Waals surface area contributed by atoms with E-state index in [4.69, 9.17) is 11.0 Å². The fourth-order valence-electron chi connectivity index (χ4n) is 3.00. The van der Waals surface area contributed by atoms with Gasteiger partial charge in [-0.2, -0.15) is 5.26 Å². The van der Waals surface area contributed by atoms with E-state index in [1.165, 1.54) is 5.56 Å². The van der Waals surface area contributed by atoms with Crippen molar-refractivity contribution in [2.45, 2.75) is 19.5 Å². The van der Waals surface area contributed by atoms with Gasteiger partial charge in [-0.25, -0.2) is 9.86 Å². The fraction of sp³-hybridized carbons (Fsp3) is 0.222. The summed E-state index contributed by atoms with van der Waals surface area (Å²) in [6, 6.07) is 14.8. The first-order valence-corrected chi connectivity index (χ1v) is 7.68. The van der Waals surface area contributed by atoms with Gasteiger partial charge < -0.3 is 10.6 Å². The highest BCUT2D eigenvalue weighted by Crippen LogP contribution is 2.30. The number of benzene rings is 2. The van der Waals surface area contributed by atoms with Crippen LogP contribution in [-0.4, -0.2) is 22.8 Å². The van der Waals surface area contributed by atoms with Crippen LogP contribution in [0.4, 0.5) is 10.5 Å². The molecule has 3 rings (SSSR count). The third kappa shape index (κ3) is 3.31. The Morgan fingerprint density at radius 1 is 1.29 bits per heavy atom. The molecule has 0 spiro atoms. The third-order valence-electron chi connectivity index (χ3n) is 4.15. The molecular formula is C18H18N4O2. The predicted molar refractivity (Wildman–Crippen MR) is 89.3 cm³/mol. The van der Waals surface area contributed by atoms with Crippen molar-refractivity contribution in [2.24, 2.45) is 5.73 Å². The van der Waals surface area contributed by atoms with Crippen LogP contribution in [0.1, 0.15) is 22.3 Å². The molecule has 1 heterocycles. The summed E-state index contributed by atoms with van der Waals surface area (Å²) in [5.41, 5.74) is 9.96. The van der Waals surface area contributed by atoms with Crippen LogP contribution >= 0.6 is 0 Å². The molecular weight excluding hydrogens is 304 g/mol. The topological polar surface area (TPSA) is 93.6 Å². The SMILES string of the molecule is N#Cc1cccc(CN2CCc3cc(CN(O)C(N)=O)ccc32)c1. The molecule has 0 aliphatic carbocycles. The number of anilines is 1. The van der Waals surface area contributed by atoms with Gasteiger partial charge in [-0.1, -0.05) is 24.3 Å². The number of hydrogen-bond donors (Lipinski definition) is 2. The number of carbonyl (C=O) groups is 1. The van der Waals surface area contributed by atoms with Crippen molar-refractivity contribution >= 4 is 11.7 Å². The highest BCUT2D eigenvalue weighted by molar-refractivity contribution is 5.70. The average Bonchev–Trinajstić information content (AvgIpc) is 2.97. The third-order valence-corrected chi connectivity index (χ3v) is 4.15. The zero-order chi connectivity index (χ0) is 17.1. The Morgan fingerprint density at radius 2 is 2.12 bits per heavy atom. The summed E-state index contributed by atoms with van der Waals surface area (Å²) in [5, 5.41) is 18.9. The molecule has 122 valence electrons. The van der Waals surface area contributed by atoms with Gasteiger partial charge in [0.05, 0.1) is 18.2 Å². The number of carbonyl (C=O) groups excluding carboxylic acids is 1. The quantitative estimate of drug-likeness (QED) is 0.667. The summed E-state index contributed by atoms with van der Waals surface area (Å²) in [4.78, 5) is 13.2. The Labute approximate surface area is 140 Å². The van der Waals surface area contributed by atoms with Crippen molar-refractivity contribution in [1.29, 1.82) is 5.26 Å². The van der Waals surface area contributed by atoms with Crippen LogP contribution in [-0.2, 0) is 19.5 Å². The number of primary amides is 1. The van der Waals surface area contributed by atoms with Gasteiger partial charge in [0.25, 0.3) is 0 Å². The second-order valence-electron chi connectivity index (χ2n) is 5.84. The number of fused-ring (bicyclic) bond motifs is 1. The van der Waals surface area contributed by atoms with Gasteiger partial charge in [-0.15, -0.1) is 0 Å². The van der Waals surface area contributed by atoms with Crippen LogP contribution in [0.25, 0.3) is 0 Å². The van der Waals surface area contributed by atoms with E-state index in [9.17, 15) is 10.0 Å². The normalized spacial score (nSPS) is 12.6. The molecule has 6 heteroatoms. The van der Waals surface area contributed by atoms with E-state index in [0.717, 1.165) is 36.3 Å². The monoisotopic (exact) mass is 322 g/mol. The lowest BCUT2D eigenvalue weighted by Gasteiger charge is -2.20. The number of rotatable bonds is 4. The molecule has 24 heavy (non-hydrogen) atoms. The number of amides is 2. The zero-order valence-electron chi connectivity index (χ0n) is 13.1. The van der Waals surface area contributed by atoms with Crippen LogP contribution in [0.5, 0.6) is 0 Å². The van der Waals surface area contributed by atoms with Crippen molar-refractivity contribution in [3.63, 3.8) is 0 Å². The summed E-state index contributed by atoms with van der Waals surface area (Å²) in [6.45, 7) is 1.72. The number of nitrogens with zero attached hydrogens (tertiary/aromatic N) is 3. The molecule has 0 unspecified atom stereocenters. The highest BCUT2D eigenvalue weighted by Gasteiger charge is 2.20. The van der Waals surface area contributed by atoms with E-state index in [1.54, 1.807) is 6.07 Å². The average molecular weight is 322 g/mol. The molecule has 0 saturated carbocycles. The van der Waals surface area contributed by atoms with Crippen molar-refractivity contribution in [2.75, 3.05) is 11.4 Å². The fourth-order valence-corrected chi connectivity index (χ4v) is 3.00. The minimum atomic E-state index is -0.866. The van der Waals surface area contributed by atoms with Crippen LogP contribution in [0.2, 0.25) is 0 Å². The molecule has 2 aromatic rings. The van der Waals surface area contributed by atoms with Crippen LogP contribution in [0, 0.1) is 11.3 Å². The van der Waals surface area contributed by atoms with Crippen molar-refractivity contribution in [1.82, 2.24) is 5.06 Å². The summed E-state index contributed by atoms with van der Waals surface area (Å²) in [5.74, 6) is 0. The number of hydroxylamine groups is 2. The Morgan fingerprint density at radius 3 is 2.88 bits per heavy atom. The lowest BCUT2D eigenvalue weighted by atomic mass is 10.1. The lowest BCUT2D eigenvalue weighted by molar-refractivity contribution is -0.0470. The Balaban J connectivity index is 1.75. The molecule has 2 amide bonds. The summed E-state index contributed by atoms with van der Waals surface area (Å²) >= 11 is 0. The maximum absolute atomic E-state index is 10.9. The van der Waals surface area contributed by atoms with E-state index >= 15 is 0 Å². The Hall–Kier alpha value is -3.04. The maximum atomic E-state index is 10.9. The molecule has 3 N–H and O–H groups in total. The summed E-state index contributed by atoms with van der Waals surface area (Å²) in [7, 11) is 0. The van der Waals surface area contributed by atoms with Crippen LogP contribution in [0.3, 0.4) is 0 Å². The minimum absolute atomic E-state index is 0.0762. The molecule has 1 aliphatic heterocycles. The predicted octanol–water partition coefficient (Wildman–Crippen LogP) is 2.39. The van der Waals surface area contributed by atoms with E-state index < -0.39 is 6.03 Å². The molecule has 1 aliphatic rings. The molecule has 0 fully saturated rings.